The summed E-state index contributed by atoms with van der Waals surface area (Å²) in [5.74, 6) is 0.815. The Kier molecular flexibility index (Phi) is 4.12. The molecule has 0 fully saturated rings. The molecule has 14 heavy (non-hydrogen) atoms. The minimum Gasteiger partial charge on any atom is -0.383 e. The Hall–Kier alpha value is -1.36. The van der Waals surface area contributed by atoms with Crippen molar-refractivity contribution in [3.8, 4) is 0 Å². The molecule has 1 heterocycles. The SMILES string of the molecule is COCCNC(=O)Cn1ccnc1C. The Morgan fingerprint density at radius 2 is 2.50 bits per heavy atom. The van der Waals surface area contributed by atoms with Crippen LogP contribution >= 0.6 is 0 Å². The minimum absolute atomic E-state index is 0.0249. The Bertz CT molecular complexity index is 296. The number of ether oxygens (including phenoxy) is 1. The number of aryl methyl sites for hydroxylation is 1. The lowest BCUT2D eigenvalue weighted by atomic mass is 10.5. The average Bonchev–Trinajstić information content (AvgIpc) is 2.52. The molecule has 1 aromatic heterocycles. The number of rotatable bonds is 5. The van der Waals surface area contributed by atoms with Crippen molar-refractivity contribution in [2.24, 2.45) is 0 Å². The van der Waals surface area contributed by atoms with Crippen LogP contribution in [0.1, 0.15) is 5.82 Å². The van der Waals surface area contributed by atoms with E-state index in [0.29, 0.717) is 19.7 Å². The molecule has 0 aromatic carbocycles. The summed E-state index contributed by atoms with van der Waals surface area (Å²) in [6.45, 7) is 3.26. The van der Waals surface area contributed by atoms with Crippen molar-refractivity contribution >= 4 is 5.91 Å². The number of methoxy groups -OCH3 is 1. The third-order valence-corrected chi connectivity index (χ3v) is 1.87. The molecule has 5 heteroatoms. The number of carbonyl (C=O) groups excluding carboxylic acids is 1. The topological polar surface area (TPSA) is 56.1 Å². The molecule has 0 aliphatic carbocycles. The summed E-state index contributed by atoms with van der Waals surface area (Å²) < 4.78 is 6.61. The summed E-state index contributed by atoms with van der Waals surface area (Å²) in [6, 6.07) is 0. The smallest absolute Gasteiger partial charge is 0.240 e. The summed E-state index contributed by atoms with van der Waals surface area (Å²) in [5.41, 5.74) is 0. The van der Waals surface area contributed by atoms with E-state index in [1.807, 2.05) is 6.92 Å². The van der Waals surface area contributed by atoms with Crippen molar-refractivity contribution < 1.29 is 9.53 Å². The highest BCUT2D eigenvalue weighted by Gasteiger charge is 2.03. The van der Waals surface area contributed by atoms with E-state index >= 15 is 0 Å². The van der Waals surface area contributed by atoms with Crippen LogP contribution < -0.4 is 5.32 Å². The molecule has 0 atom stereocenters. The molecule has 1 N–H and O–H groups in total. The first kappa shape index (κ1) is 10.7. The van der Waals surface area contributed by atoms with Gasteiger partial charge in [-0.05, 0) is 6.92 Å². The van der Waals surface area contributed by atoms with Gasteiger partial charge in [-0.25, -0.2) is 4.98 Å². The van der Waals surface area contributed by atoms with E-state index in [0.717, 1.165) is 5.82 Å². The Labute approximate surface area is 83.1 Å². The van der Waals surface area contributed by atoms with Gasteiger partial charge in [0.2, 0.25) is 5.91 Å². The summed E-state index contributed by atoms with van der Waals surface area (Å²) in [5, 5.41) is 2.74. The quantitative estimate of drug-likeness (QED) is 0.673. The fourth-order valence-electron chi connectivity index (χ4n) is 1.07. The molecule has 1 amide bonds. The highest BCUT2D eigenvalue weighted by molar-refractivity contribution is 5.75. The molecule has 0 saturated carbocycles. The average molecular weight is 197 g/mol. The lowest BCUT2D eigenvalue weighted by Crippen LogP contribution is -2.30. The molecule has 0 radical (unpaired) electrons. The third-order valence-electron chi connectivity index (χ3n) is 1.87. The fraction of sp³-hybridized carbons (Fsp3) is 0.556. The Balaban J connectivity index is 2.31. The zero-order valence-corrected chi connectivity index (χ0v) is 8.49. The molecular formula is C9H15N3O2. The van der Waals surface area contributed by atoms with E-state index in [4.69, 9.17) is 4.74 Å². The van der Waals surface area contributed by atoms with E-state index in [1.54, 1.807) is 24.1 Å². The van der Waals surface area contributed by atoms with E-state index in [2.05, 4.69) is 10.3 Å². The van der Waals surface area contributed by atoms with Gasteiger partial charge in [-0.15, -0.1) is 0 Å². The van der Waals surface area contributed by atoms with Crippen LogP contribution in [0.5, 0.6) is 0 Å². The lowest BCUT2D eigenvalue weighted by molar-refractivity contribution is -0.121. The van der Waals surface area contributed by atoms with Gasteiger partial charge >= 0.3 is 0 Å². The van der Waals surface area contributed by atoms with Crippen molar-refractivity contribution in [2.75, 3.05) is 20.3 Å². The standard InChI is InChI=1S/C9H15N3O2/c1-8-10-3-5-12(8)7-9(13)11-4-6-14-2/h3,5H,4,6-7H2,1-2H3,(H,11,13). The predicted octanol–water partition coefficient (Wildman–Crippen LogP) is -0.0459. The number of hydrogen-bond donors (Lipinski definition) is 1. The van der Waals surface area contributed by atoms with E-state index in [9.17, 15) is 4.79 Å². The molecule has 78 valence electrons. The minimum atomic E-state index is -0.0249. The van der Waals surface area contributed by atoms with Gasteiger partial charge in [0.1, 0.15) is 12.4 Å². The number of imidazole rings is 1. The molecular weight excluding hydrogens is 182 g/mol. The van der Waals surface area contributed by atoms with Gasteiger partial charge in [0.05, 0.1) is 6.61 Å². The Morgan fingerprint density at radius 1 is 1.71 bits per heavy atom. The lowest BCUT2D eigenvalue weighted by Gasteiger charge is -2.06. The van der Waals surface area contributed by atoms with Crippen LogP contribution in [0.15, 0.2) is 12.4 Å². The molecule has 0 spiro atoms. The molecule has 0 bridgehead atoms. The second kappa shape index (κ2) is 5.39. The largest absolute Gasteiger partial charge is 0.383 e. The first-order valence-corrected chi connectivity index (χ1v) is 4.47. The summed E-state index contributed by atoms with van der Waals surface area (Å²) >= 11 is 0. The predicted molar refractivity (Wildman–Crippen MR) is 51.8 cm³/mol. The van der Waals surface area contributed by atoms with Crippen LogP contribution in [0.2, 0.25) is 0 Å². The first-order valence-electron chi connectivity index (χ1n) is 4.47. The van der Waals surface area contributed by atoms with Crippen LogP contribution in [0.25, 0.3) is 0 Å². The summed E-state index contributed by atoms with van der Waals surface area (Å²) in [7, 11) is 1.60. The molecule has 0 saturated heterocycles. The van der Waals surface area contributed by atoms with Crippen molar-refractivity contribution in [1.82, 2.24) is 14.9 Å². The number of carbonyl (C=O) groups is 1. The fourth-order valence-corrected chi connectivity index (χ4v) is 1.07. The van der Waals surface area contributed by atoms with Gasteiger partial charge in [-0.3, -0.25) is 4.79 Å². The number of aromatic nitrogens is 2. The van der Waals surface area contributed by atoms with E-state index < -0.39 is 0 Å². The van der Waals surface area contributed by atoms with Crippen LogP contribution in [-0.4, -0.2) is 35.7 Å². The molecule has 1 rings (SSSR count). The van der Waals surface area contributed by atoms with Crippen molar-refractivity contribution in [1.29, 1.82) is 0 Å². The van der Waals surface area contributed by atoms with Crippen LogP contribution in [0.3, 0.4) is 0 Å². The molecule has 1 aromatic rings. The van der Waals surface area contributed by atoms with Crippen molar-refractivity contribution in [3.05, 3.63) is 18.2 Å². The maximum Gasteiger partial charge on any atom is 0.240 e. The van der Waals surface area contributed by atoms with E-state index in [-0.39, 0.29) is 5.91 Å². The Morgan fingerprint density at radius 3 is 3.07 bits per heavy atom. The number of hydrogen-bond acceptors (Lipinski definition) is 3. The normalized spacial score (nSPS) is 10.1. The summed E-state index contributed by atoms with van der Waals surface area (Å²) in [4.78, 5) is 15.3. The van der Waals surface area contributed by atoms with Crippen LogP contribution in [-0.2, 0) is 16.1 Å². The molecule has 5 nitrogen and oxygen atoms in total. The van der Waals surface area contributed by atoms with Crippen LogP contribution in [0, 0.1) is 6.92 Å². The number of nitrogens with one attached hydrogen (secondary N) is 1. The second-order valence-corrected chi connectivity index (χ2v) is 2.95. The number of amides is 1. The van der Waals surface area contributed by atoms with Crippen molar-refractivity contribution in [2.45, 2.75) is 13.5 Å². The molecule has 0 aliphatic heterocycles. The zero-order valence-electron chi connectivity index (χ0n) is 8.49. The maximum atomic E-state index is 11.3. The highest BCUT2D eigenvalue weighted by Crippen LogP contribution is 1.93. The first-order chi connectivity index (χ1) is 6.74. The molecule has 0 aliphatic rings. The van der Waals surface area contributed by atoms with Gasteiger partial charge in [0, 0.05) is 26.0 Å². The van der Waals surface area contributed by atoms with E-state index in [1.165, 1.54) is 0 Å². The van der Waals surface area contributed by atoms with Gasteiger partial charge in [0.25, 0.3) is 0 Å². The second-order valence-electron chi connectivity index (χ2n) is 2.95. The molecule has 0 unspecified atom stereocenters. The zero-order chi connectivity index (χ0) is 10.4. The van der Waals surface area contributed by atoms with Gasteiger partial charge in [-0.2, -0.15) is 0 Å². The van der Waals surface area contributed by atoms with Crippen molar-refractivity contribution in [3.63, 3.8) is 0 Å². The number of nitrogens with zero attached hydrogens (tertiary/aromatic N) is 2. The maximum absolute atomic E-state index is 11.3. The van der Waals surface area contributed by atoms with Gasteiger partial charge in [-0.1, -0.05) is 0 Å². The summed E-state index contributed by atoms with van der Waals surface area (Å²) in [6.07, 6.45) is 3.46. The van der Waals surface area contributed by atoms with Gasteiger partial charge in [0.15, 0.2) is 0 Å². The highest BCUT2D eigenvalue weighted by atomic mass is 16.5. The monoisotopic (exact) mass is 197 g/mol. The van der Waals surface area contributed by atoms with Crippen LogP contribution in [0.4, 0.5) is 0 Å². The third kappa shape index (κ3) is 3.18. The van der Waals surface area contributed by atoms with Gasteiger partial charge < -0.3 is 14.6 Å².